The number of hydrogen-bond donors (Lipinski definition) is 4. The first kappa shape index (κ1) is 10.7. The van der Waals surface area contributed by atoms with Crippen LogP contribution < -0.4 is 0 Å². The minimum absolute atomic E-state index is 0.215. The molecule has 0 saturated carbocycles. The van der Waals surface area contributed by atoms with E-state index < -0.39 is 11.9 Å². The Morgan fingerprint density at radius 3 is 1.79 bits per heavy atom. The minimum atomic E-state index is -0.585. The molecular formula is C10H14O4. The quantitative estimate of drug-likeness (QED) is 0.540. The number of benzene rings is 1. The lowest BCUT2D eigenvalue weighted by Crippen LogP contribution is -2.10. The van der Waals surface area contributed by atoms with Gasteiger partial charge in [0.05, 0.1) is 6.10 Å². The first-order valence-electron chi connectivity index (χ1n) is 4.36. The van der Waals surface area contributed by atoms with E-state index in [9.17, 15) is 15.3 Å². The van der Waals surface area contributed by atoms with Crippen LogP contribution in [0.5, 0.6) is 17.2 Å². The average molecular weight is 198 g/mol. The van der Waals surface area contributed by atoms with Crippen LogP contribution in [0, 0.1) is 0 Å². The molecule has 0 amide bonds. The Morgan fingerprint density at radius 1 is 1.00 bits per heavy atom. The van der Waals surface area contributed by atoms with Crippen molar-refractivity contribution in [3.63, 3.8) is 0 Å². The van der Waals surface area contributed by atoms with Gasteiger partial charge in [-0.05, 0) is 24.6 Å². The Balaban J connectivity index is 3.12. The summed E-state index contributed by atoms with van der Waals surface area (Å²) >= 11 is 0. The molecule has 4 heteroatoms. The van der Waals surface area contributed by atoms with Crippen molar-refractivity contribution in [3.05, 3.63) is 17.7 Å². The van der Waals surface area contributed by atoms with E-state index in [0.29, 0.717) is 5.56 Å². The van der Waals surface area contributed by atoms with Crippen LogP contribution >= 0.6 is 0 Å². The number of phenols is 3. The zero-order chi connectivity index (χ0) is 10.9. The van der Waals surface area contributed by atoms with Gasteiger partial charge in [-0.2, -0.15) is 0 Å². The third kappa shape index (κ3) is 1.90. The van der Waals surface area contributed by atoms with E-state index in [1.165, 1.54) is 12.1 Å². The molecule has 1 rings (SSSR count). The van der Waals surface area contributed by atoms with Crippen molar-refractivity contribution in [2.24, 2.45) is 0 Å². The summed E-state index contributed by atoms with van der Waals surface area (Å²) in [7, 11) is 0. The highest BCUT2D eigenvalue weighted by Gasteiger charge is 2.15. The van der Waals surface area contributed by atoms with Gasteiger partial charge in [0.1, 0.15) is 0 Å². The Hall–Kier alpha value is -1.42. The fraction of sp³-hybridized carbons (Fsp3) is 0.400. The predicted octanol–water partition coefficient (Wildman–Crippen LogP) is 1.29. The van der Waals surface area contributed by atoms with Gasteiger partial charge >= 0.3 is 0 Å². The Kier molecular flexibility index (Phi) is 2.86. The highest BCUT2D eigenvalue weighted by molar-refractivity contribution is 5.51. The Morgan fingerprint density at radius 2 is 1.43 bits per heavy atom. The summed E-state index contributed by atoms with van der Waals surface area (Å²) in [6, 6.07) is 2.65. The van der Waals surface area contributed by atoms with Gasteiger partial charge < -0.3 is 20.4 Å². The van der Waals surface area contributed by atoms with Gasteiger partial charge in [-0.25, -0.2) is 0 Å². The van der Waals surface area contributed by atoms with Gasteiger partial charge in [0.15, 0.2) is 17.2 Å². The molecule has 4 nitrogen and oxygen atoms in total. The Labute approximate surface area is 82.1 Å². The summed E-state index contributed by atoms with van der Waals surface area (Å²) in [5, 5.41) is 36.8. The summed E-state index contributed by atoms with van der Waals surface area (Å²) in [4.78, 5) is 0. The largest absolute Gasteiger partial charge is 0.504 e. The van der Waals surface area contributed by atoms with Crippen molar-refractivity contribution >= 4 is 0 Å². The van der Waals surface area contributed by atoms with Crippen molar-refractivity contribution in [2.45, 2.75) is 25.9 Å². The van der Waals surface area contributed by atoms with E-state index >= 15 is 0 Å². The number of hydrogen-bond acceptors (Lipinski definition) is 4. The monoisotopic (exact) mass is 198 g/mol. The third-order valence-corrected chi connectivity index (χ3v) is 2.34. The fourth-order valence-corrected chi connectivity index (χ4v) is 1.17. The average Bonchev–Trinajstić information content (AvgIpc) is 2.12. The molecule has 2 atom stereocenters. The topological polar surface area (TPSA) is 80.9 Å². The van der Waals surface area contributed by atoms with Crippen LogP contribution in [0.3, 0.4) is 0 Å². The molecule has 0 aliphatic heterocycles. The summed E-state index contributed by atoms with van der Waals surface area (Å²) in [6.45, 7) is 3.38. The number of aliphatic hydroxyl groups excluding tert-OH is 1. The van der Waals surface area contributed by atoms with Crippen molar-refractivity contribution in [3.8, 4) is 17.2 Å². The van der Waals surface area contributed by atoms with Crippen LogP contribution in [0.25, 0.3) is 0 Å². The van der Waals surface area contributed by atoms with Gasteiger partial charge in [0.25, 0.3) is 0 Å². The highest BCUT2D eigenvalue weighted by Crippen LogP contribution is 2.37. The second-order valence-corrected chi connectivity index (χ2v) is 3.44. The van der Waals surface area contributed by atoms with Crippen molar-refractivity contribution in [1.29, 1.82) is 0 Å². The molecule has 0 heterocycles. The zero-order valence-electron chi connectivity index (χ0n) is 8.10. The molecule has 14 heavy (non-hydrogen) atoms. The second kappa shape index (κ2) is 3.75. The first-order chi connectivity index (χ1) is 6.43. The highest BCUT2D eigenvalue weighted by atomic mass is 16.3. The normalized spacial score (nSPS) is 15.1. The molecule has 78 valence electrons. The van der Waals surface area contributed by atoms with E-state index in [1.807, 2.05) is 0 Å². The molecule has 0 aliphatic carbocycles. The lowest BCUT2D eigenvalue weighted by Gasteiger charge is -2.15. The van der Waals surface area contributed by atoms with Crippen molar-refractivity contribution < 1.29 is 20.4 Å². The van der Waals surface area contributed by atoms with Crippen LogP contribution in [0.4, 0.5) is 0 Å². The third-order valence-electron chi connectivity index (χ3n) is 2.34. The van der Waals surface area contributed by atoms with Crippen LogP contribution in [0.15, 0.2) is 12.1 Å². The number of aromatic hydroxyl groups is 3. The summed E-state index contributed by atoms with van der Waals surface area (Å²) < 4.78 is 0. The smallest absolute Gasteiger partial charge is 0.200 e. The van der Waals surface area contributed by atoms with Gasteiger partial charge in [-0.15, -0.1) is 0 Å². The molecule has 1 aromatic carbocycles. The first-order valence-corrected chi connectivity index (χ1v) is 4.36. The number of aliphatic hydroxyl groups is 1. The maximum atomic E-state index is 9.30. The molecule has 0 radical (unpaired) electrons. The molecular weight excluding hydrogens is 184 g/mol. The SMILES string of the molecule is CC(O)C(C)c1cc(O)c(O)c(O)c1. The molecule has 0 aromatic heterocycles. The van der Waals surface area contributed by atoms with Crippen LogP contribution in [0.2, 0.25) is 0 Å². The fourth-order valence-electron chi connectivity index (χ4n) is 1.17. The summed E-state index contributed by atoms with van der Waals surface area (Å²) in [6.07, 6.45) is -0.585. The van der Waals surface area contributed by atoms with Crippen LogP contribution in [-0.2, 0) is 0 Å². The summed E-state index contributed by atoms with van der Waals surface area (Å²) in [5.41, 5.74) is 0.577. The van der Waals surface area contributed by atoms with Gasteiger partial charge in [-0.3, -0.25) is 0 Å². The minimum Gasteiger partial charge on any atom is -0.504 e. The van der Waals surface area contributed by atoms with Gasteiger partial charge in [0, 0.05) is 5.92 Å². The molecule has 0 fully saturated rings. The maximum Gasteiger partial charge on any atom is 0.200 e. The van der Waals surface area contributed by atoms with Gasteiger partial charge in [-0.1, -0.05) is 6.92 Å². The van der Waals surface area contributed by atoms with Gasteiger partial charge in [0.2, 0.25) is 0 Å². The molecule has 4 N–H and O–H groups in total. The Bertz CT molecular complexity index is 310. The van der Waals surface area contributed by atoms with E-state index in [-0.39, 0.29) is 17.4 Å². The lowest BCUT2D eigenvalue weighted by molar-refractivity contribution is 0.168. The summed E-state index contributed by atoms with van der Waals surface area (Å²) in [5.74, 6) is -1.51. The van der Waals surface area contributed by atoms with Crippen LogP contribution in [-0.4, -0.2) is 26.5 Å². The van der Waals surface area contributed by atoms with E-state index in [4.69, 9.17) is 5.11 Å². The maximum absolute atomic E-state index is 9.30. The molecule has 0 spiro atoms. The lowest BCUT2D eigenvalue weighted by atomic mass is 9.96. The molecule has 0 aliphatic rings. The number of phenolic OH excluding ortho intramolecular Hbond substituents is 3. The zero-order valence-corrected chi connectivity index (χ0v) is 8.10. The standard InChI is InChI=1S/C10H14O4/c1-5(6(2)11)7-3-8(12)10(14)9(13)4-7/h3-6,11-14H,1-2H3. The number of rotatable bonds is 2. The van der Waals surface area contributed by atoms with E-state index in [2.05, 4.69) is 0 Å². The van der Waals surface area contributed by atoms with E-state index in [0.717, 1.165) is 0 Å². The van der Waals surface area contributed by atoms with Crippen molar-refractivity contribution in [2.75, 3.05) is 0 Å². The van der Waals surface area contributed by atoms with Crippen LogP contribution in [0.1, 0.15) is 25.3 Å². The predicted molar refractivity (Wildman–Crippen MR) is 51.5 cm³/mol. The van der Waals surface area contributed by atoms with E-state index in [1.54, 1.807) is 13.8 Å². The molecule has 2 unspecified atom stereocenters. The molecule has 0 bridgehead atoms. The molecule has 1 aromatic rings. The van der Waals surface area contributed by atoms with Crippen molar-refractivity contribution in [1.82, 2.24) is 0 Å². The second-order valence-electron chi connectivity index (χ2n) is 3.44. The molecule has 0 saturated heterocycles.